The minimum atomic E-state index is 0.651. The minimum Gasteiger partial charge on any atom is -0.310 e. The normalized spacial score (nSPS) is 11.4. The van der Waals surface area contributed by atoms with Crippen molar-refractivity contribution in [2.75, 3.05) is 6.54 Å². The molecule has 34 heavy (non-hydrogen) atoms. The molecule has 0 saturated carbocycles. The fraction of sp³-hybridized carbons (Fsp3) is 0.185. The summed E-state index contributed by atoms with van der Waals surface area (Å²) in [5.74, 6) is 0.919. The van der Waals surface area contributed by atoms with Crippen molar-refractivity contribution < 1.29 is 0 Å². The first kappa shape index (κ1) is 22.4. The third-order valence-electron chi connectivity index (χ3n) is 5.79. The molecule has 170 valence electrons. The van der Waals surface area contributed by atoms with Gasteiger partial charge in [-0.15, -0.1) is 10.2 Å². The van der Waals surface area contributed by atoms with Crippen molar-refractivity contribution in [3.8, 4) is 0 Å². The lowest BCUT2D eigenvalue weighted by atomic mass is 10.1. The topological polar surface area (TPSA) is 59.7 Å². The Morgan fingerprint density at radius 1 is 0.824 bits per heavy atom. The van der Waals surface area contributed by atoms with Crippen LogP contribution in [-0.4, -0.2) is 36.2 Å². The average molecular weight is 513 g/mol. The molecule has 0 aliphatic heterocycles. The summed E-state index contributed by atoms with van der Waals surface area (Å²) in [4.78, 5) is 11.7. The second-order valence-electron chi connectivity index (χ2n) is 8.28. The van der Waals surface area contributed by atoms with E-state index in [0.717, 1.165) is 52.1 Å². The summed E-state index contributed by atoms with van der Waals surface area (Å²) in [5, 5.41) is 9.77. The van der Waals surface area contributed by atoms with E-state index < -0.39 is 0 Å². The lowest BCUT2D eigenvalue weighted by molar-refractivity contribution is 0.247. The van der Waals surface area contributed by atoms with Crippen molar-refractivity contribution in [3.63, 3.8) is 0 Å². The first-order chi connectivity index (χ1) is 16.7. The Labute approximate surface area is 207 Å². The van der Waals surface area contributed by atoms with E-state index in [0.29, 0.717) is 13.1 Å². The van der Waals surface area contributed by atoms with Crippen LogP contribution in [0.2, 0.25) is 0 Å². The Morgan fingerprint density at radius 3 is 2.53 bits per heavy atom. The van der Waals surface area contributed by atoms with Gasteiger partial charge in [0.2, 0.25) is 0 Å². The molecule has 0 aliphatic rings. The first-order valence-electron chi connectivity index (χ1n) is 11.3. The fourth-order valence-corrected chi connectivity index (χ4v) is 4.24. The van der Waals surface area contributed by atoms with Crippen molar-refractivity contribution in [2.45, 2.75) is 26.1 Å². The Kier molecular flexibility index (Phi) is 7.02. The molecule has 0 amide bonds. The van der Waals surface area contributed by atoms with Crippen LogP contribution >= 0.6 is 15.9 Å². The van der Waals surface area contributed by atoms with Crippen molar-refractivity contribution >= 4 is 26.8 Å². The molecule has 3 aromatic heterocycles. The summed E-state index contributed by atoms with van der Waals surface area (Å²) in [6.07, 6.45) is 4.54. The smallest absolute Gasteiger partial charge is 0.147 e. The predicted molar refractivity (Wildman–Crippen MR) is 137 cm³/mol. The molecule has 0 saturated heterocycles. The maximum absolute atomic E-state index is 4.90. The molecule has 6 nitrogen and oxygen atoms in total. The van der Waals surface area contributed by atoms with Gasteiger partial charge in [0.05, 0.1) is 30.0 Å². The van der Waals surface area contributed by atoms with Crippen LogP contribution in [0.5, 0.6) is 0 Å². The van der Waals surface area contributed by atoms with E-state index in [9.17, 15) is 0 Å². The van der Waals surface area contributed by atoms with E-state index in [4.69, 9.17) is 4.98 Å². The third kappa shape index (κ3) is 5.73. The highest BCUT2D eigenvalue weighted by molar-refractivity contribution is 9.10. The number of hydrogen-bond donors (Lipinski definition) is 0. The molecule has 0 aliphatic carbocycles. The molecule has 0 N–H and O–H groups in total. The number of pyridine rings is 2. The second-order valence-corrected chi connectivity index (χ2v) is 9.19. The van der Waals surface area contributed by atoms with Crippen LogP contribution < -0.4 is 0 Å². The fourth-order valence-electron chi connectivity index (χ4n) is 3.98. The summed E-state index contributed by atoms with van der Waals surface area (Å²) < 4.78 is 3.17. The molecule has 3 heterocycles. The molecule has 2 aromatic carbocycles. The number of rotatable bonds is 9. The van der Waals surface area contributed by atoms with E-state index in [1.807, 2.05) is 36.5 Å². The minimum absolute atomic E-state index is 0.651. The molecule has 0 radical (unpaired) electrons. The van der Waals surface area contributed by atoms with Gasteiger partial charge < -0.3 is 4.57 Å². The highest BCUT2D eigenvalue weighted by Crippen LogP contribution is 2.16. The molecule has 0 fully saturated rings. The molecule has 5 aromatic rings. The highest BCUT2D eigenvalue weighted by Gasteiger charge is 2.14. The first-order valence-corrected chi connectivity index (χ1v) is 12.1. The molecule has 0 unspecified atom stereocenters. The number of halogens is 1. The van der Waals surface area contributed by atoms with Gasteiger partial charge in [0.15, 0.2) is 0 Å². The number of aromatic nitrogens is 5. The predicted octanol–water partition coefficient (Wildman–Crippen LogP) is 5.28. The molecule has 0 bridgehead atoms. The summed E-state index contributed by atoms with van der Waals surface area (Å²) in [6, 6.07) is 27.0. The van der Waals surface area contributed by atoms with Crippen LogP contribution in [0.4, 0.5) is 0 Å². The highest BCUT2D eigenvalue weighted by atomic mass is 79.9. The lowest BCUT2D eigenvalue weighted by Crippen LogP contribution is -2.27. The molecule has 7 heteroatoms. The molecule has 0 spiro atoms. The van der Waals surface area contributed by atoms with Gasteiger partial charge in [0.1, 0.15) is 12.2 Å². The Morgan fingerprint density at radius 2 is 1.68 bits per heavy atom. The van der Waals surface area contributed by atoms with Crippen LogP contribution in [0, 0.1) is 0 Å². The van der Waals surface area contributed by atoms with Gasteiger partial charge in [0, 0.05) is 29.1 Å². The maximum Gasteiger partial charge on any atom is 0.147 e. The Hall–Kier alpha value is -3.42. The Bertz CT molecular complexity index is 1350. The Balaban J connectivity index is 1.36. The van der Waals surface area contributed by atoms with Gasteiger partial charge in [-0.1, -0.05) is 58.4 Å². The third-order valence-corrected chi connectivity index (χ3v) is 6.32. The number of hydrogen-bond acceptors (Lipinski definition) is 5. The van der Waals surface area contributed by atoms with Crippen LogP contribution in [0.25, 0.3) is 10.9 Å². The van der Waals surface area contributed by atoms with E-state index in [2.05, 4.69) is 89.1 Å². The largest absolute Gasteiger partial charge is 0.310 e. The van der Waals surface area contributed by atoms with E-state index in [1.165, 1.54) is 5.56 Å². The van der Waals surface area contributed by atoms with Gasteiger partial charge in [-0.05, 0) is 48.4 Å². The van der Waals surface area contributed by atoms with Gasteiger partial charge in [-0.2, -0.15) is 0 Å². The standard InChI is InChI=1S/C27H25BrN6/c28-23-11-8-21(9-12-23)14-16-33(17-25-13-10-22-5-1-2-7-26(22)31-25)19-27-32-30-20-34(27)18-24-6-3-4-15-29-24/h1-13,15,20H,14,16-19H2. The summed E-state index contributed by atoms with van der Waals surface area (Å²) >= 11 is 3.52. The van der Waals surface area contributed by atoms with Crippen LogP contribution in [-0.2, 0) is 26.1 Å². The van der Waals surface area contributed by atoms with Gasteiger partial charge in [-0.3, -0.25) is 14.9 Å². The van der Waals surface area contributed by atoms with Crippen molar-refractivity contribution in [1.82, 2.24) is 29.6 Å². The molecule has 0 atom stereocenters. The van der Waals surface area contributed by atoms with Crippen LogP contribution in [0.1, 0.15) is 22.8 Å². The monoisotopic (exact) mass is 512 g/mol. The number of fused-ring (bicyclic) bond motifs is 1. The SMILES string of the molecule is Brc1ccc(CCN(Cc2ccc3ccccc3n2)Cc2nncn2Cc2ccccn2)cc1. The maximum atomic E-state index is 4.90. The van der Waals surface area contributed by atoms with E-state index >= 15 is 0 Å². The average Bonchev–Trinajstić information content (AvgIpc) is 3.30. The van der Waals surface area contributed by atoms with Crippen molar-refractivity contribution in [2.24, 2.45) is 0 Å². The van der Waals surface area contributed by atoms with Gasteiger partial charge >= 0.3 is 0 Å². The zero-order chi connectivity index (χ0) is 23.2. The molecular weight excluding hydrogens is 488 g/mol. The van der Waals surface area contributed by atoms with Gasteiger partial charge in [-0.25, -0.2) is 0 Å². The second kappa shape index (κ2) is 10.7. The quantitative estimate of drug-likeness (QED) is 0.269. The van der Waals surface area contributed by atoms with Crippen molar-refractivity contribution in [3.05, 3.63) is 119 Å². The van der Waals surface area contributed by atoms with Crippen LogP contribution in [0.3, 0.4) is 0 Å². The zero-order valence-electron chi connectivity index (χ0n) is 18.8. The summed E-state index contributed by atoms with van der Waals surface area (Å²) in [5.41, 5.74) is 4.35. The van der Waals surface area contributed by atoms with Crippen molar-refractivity contribution in [1.29, 1.82) is 0 Å². The van der Waals surface area contributed by atoms with Crippen LogP contribution in [0.15, 0.2) is 95.9 Å². The van der Waals surface area contributed by atoms with Gasteiger partial charge in [0.25, 0.3) is 0 Å². The lowest BCUT2D eigenvalue weighted by Gasteiger charge is -2.22. The zero-order valence-corrected chi connectivity index (χ0v) is 20.3. The summed E-state index contributed by atoms with van der Waals surface area (Å²) in [6.45, 7) is 2.94. The summed E-state index contributed by atoms with van der Waals surface area (Å²) in [7, 11) is 0. The molecule has 5 rings (SSSR count). The van der Waals surface area contributed by atoms with E-state index in [1.54, 1.807) is 6.33 Å². The number of nitrogens with zero attached hydrogens (tertiary/aromatic N) is 6. The van der Waals surface area contributed by atoms with E-state index in [-0.39, 0.29) is 0 Å². The number of para-hydroxylation sites is 1. The molecular formula is C27H25BrN6. The number of benzene rings is 2.